The maximum atomic E-state index is 13.3. The van der Waals surface area contributed by atoms with E-state index in [-0.39, 0.29) is 6.10 Å². The van der Waals surface area contributed by atoms with Crippen molar-refractivity contribution >= 4 is 29.5 Å². The lowest BCUT2D eigenvalue weighted by Crippen LogP contribution is -2.26. The Hall–Kier alpha value is -2.35. The molecule has 1 aliphatic rings. The largest absolute Gasteiger partial charge is 0.491 e. The maximum absolute atomic E-state index is 13.3. The molecule has 0 atom stereocenters. The van der Waals surface area contributed by atoms with Gasteiger partial charge in [-0.05, 0) is 56.7 Å². The number of hydrogen-bond donors (Lipinski definition) is 0. The molecule has 1 heterocycles. The molecule has 0 aliphatic carbocycles. The third-order valence-corrected chi connectivity index (χ3v) is 5.58. The van der Waals surface area contributed by atoms with E-state index >= 15 is 0 Å². The second-order valence-electron chi connectivity index (χ2n) is 7.17. The van der Waals surface area contributed by atoms with Gasteiger partial charge in [0, 0.05) is 29.9 Å². The van der Waals surface area contributed by atoms with Gasteiger partial charge in [0.2, 0.25) is 6.41 Å². The third kappa shape index (κ3) is 4.98. The van der Waals surface area contributed by atoms with Crippen LogP contribution in [0.3, 0.4) is 0 Å². The number of alkyl halides is 3. The minimum absolute atomic E-state index is 0.0262. The van der Waals surface area contributed by atoms with E-state index in [1.54, 1.807) is 7.05 Å². The molecule has 1 aliphatic heterocycles. The summed E-state index contributed by atoms with van der Waals surface area (Å²) >= 11 is 1.44. The van der Waals surface area contributed by atoms with Crippen LogP contribution in [0, 0.1) is 0 Å². The highest BCUT2D eigenvalue weighted by Gasteiger charge is 2.33. The van der Waals surface area contributed by atoms with Crippen LogP contribution in [0.15, 0.2) is 46.2 Å². The number of benzene rings is 2. The molecule has 0 unspecified atom stereocenters. The van der Waals surface area contributed by atoms with Gasteiger partial charge < -0.3 is 14.5 Å². The fourth-order valence-corrected chi connectivity index (χ4v) is 4.26. The number of rotatable bonds is 7. The van der Waals surface area contributed by atoms with E-state index in [1.807, 2.05) is 36.9 Å². The Bertz CT molecular complexity index is 887. The van der Waals surface area contributed by atoms with Crippen molar-refractivity contribution in [3.63, 3.8) is 0 Å². The van der Waals surface area contributed by atoms with Crippen molar-refractivity contribution < 1.29 is 22.7 Å². The topological polar surface area (TPSA) is 32.8 Å². The number of amides is 1. The summed E-state index contributed by atoms with van der Waals surface area (Å²) < 4.78 is 45.6. The minimum atomic E-state index is -4.40. The maximum Gasteiger partial charge on any atom is 0.416 e. The average Bonchev–Trinajstić information content (AvgIpc) is 2.65. The third-order valence-electron chi connectivity index (χ3n) is 4.46. The molecule has 29 heavy (non-hydrogen) atoms. The predicted molar refractivity (Wildman–Crippen MR) is 108 cm³/mol. The van der Waals surface area contributed by atoms with Crippen molar-refractivity contribution in [1.82, 2.24) is 4.90 Å². The van der Waals surface area contributed by atoms with Crippen LogP contribution < -0.4 is 9.64 Å². The second-order valence-corrected chi connectivity index (χ2v) is 8.25. The lowest BCUT2D eigenvalue weighted by molar-refractivity contribution is -0.137. The van der Waals surface area contributed by atoms with Crippen molar-refractivity contribution in [1.29, 1.82) is 0 Å². The van der Waals surface area contributed by atoms with E-state index in [4.69, 9.17) is 4.74 Å². The molecule has 0 aromatic heterocycles. The lowest BCUT2D eigenvalue weighted by atomic mass is 10.1. The predicted octanol–water partition coefficient (Wildman–Crippen LogP) is 5.57. The zero-order chi connectivity index (χ0) is 21.2. The van der Waals surface area contributed by atoms with Crippen LogP contribution in [0.5, 0.6) is 5.75 Å². The molecule has 0 radical (unpaired) electrons. The number of hydrogen-bond acceptors (Lipinski definition) is 4. The molecular weight excluding hydrogens is 401 g/mol. The Morgan fingerprint density at radius 1 is 1.14 bits per heavy atom. The number of anilines is 2. The number of carbonyl (C=O) groups is 1. The van der Waals surface area contributed by atoms with Crippen molar-refractivity contribution in [2.75, 3.05) is 25.0 Å². The zero-order valence-corrected chi connectivity index (χ0v) is 17.3. The van der Waals surface area contributed by atoms with Gasteiger partial charge in [0.1, 0.15) is 5.75 Å². The van der Waals surface area contributed by atoms with Crippen LogP contribution in [0.2, 0.25) is 0 Å². The Labute approximate surface area is 172 Å². The molecule has 0 saturated carbocycles. The van der Waals surface area contributed by atoms with Crippen LogP contribution in [0.25, 0.3) is 0 Å². The monoisotopic (exact) mass is 424 g/mol. The van der Waals surface area contributed by atoms with Gasteiger partial charge in [-0.1, -0.05) is 11.8 Å². The van der Waals surface area contributed by atoms with Gasteiger partial charge in [-0.25, -0.2) is 0 Å². The molecule has 0 saturated heterocycles. The van der Waals surface area contributed by atoms with Gasteiger partial charge in [-0.15, -0.1) is 0 Å². The first kappa shape index (κ1) is 21.4. The summed E-state index contributed by atoms with van der Waals surface area (Å²) in [5.41, 5.74) is 0.699. The fourth-order valence-electron chi connectivity index (χ4n) is 3.16. The standard InChI is InChI=1S/C21H23F3N2O2S/c1-14(2)28-16-6-7-17-20(12-16)29-19-8-5-15(21(22,23)24)11-18(19)26(17)10-4-9-25(3)13-27/h5-8,11-14H,4,9-10H2,1-3H3. The molecule has 3 rings (SSSR count). The summed E-state index contributed by atoms with van der Waals surface area (Å²) in [6, 6.07) is 9.48. The summed E-state index contributed by atoms with van der Waals surface area (Å²) in [5.74, 6) is 0.724. The van der Waals surface area contributed by atoms with E-state index in [0.717, 1.165) is 33.7 Å². The van der Waals surface area contributed by atoms with Crippen LogP contribution in [-0.2, 0) is 11.0 Å². The van der Waals surface area contributed by atoms with Crippen LogP contribution in [0.1, 0.15) is 25.8 Å². The number of halogens is 3. The van der Waals surface area contributed by atoms with Gasteiger partial charge >= 0.3 is 6.18 Å². The van der Waals surface area contributed by atoms with E-state index in [0.29, 0.717) is 25.2 Å². The number of nitrogens with zero attached hydrogens (tertiary/aromatic N) is 2. The summed E-state index contributed by atoms with van der Waals surface area (Å²) in [7, 11) is 1.68. The van der Waals surface area contributed by atoms with Crippen molar-refractivity contribution in [2.24, 2.45) is 0 Å². The molecule has 1 amide bonds. The van der Waals surface area contributed by atoms with Crippen molar-refractivity contribution in [3.8, 4) is 5.75 Å². The number of fused-ring (bicyclic) bond motifs is 2. The van der Waals surface area contributed by atoms with Gasteiger partial charge in [0.15, 0.2) is 0 Å². The van der Waals surface area contributed by atoms with Crippen molar-refractivity contribution in [2.45, 2.75) is 42.3 Å². The highest BCUT2D eigenvalue weighted by Crippen LogP contribution is 2.50. The SMILES string of the molecule is CC(C)Oc1ccc2c(c1)Sc1ccc(C(F)(F)F)cc1N2CCCN(C)C=O. The first-order valence-electron chi connectivity index (χ1n) is 9.32. The Kier molecular flexibility index (Phi) is 6.31. The number of ether oxygens (including phenoxy) is 1. The molecular formula is C21H23F3N2O2S. The Morgan fingerprint density at radius 2 is 1.90 bits per heavy atom. The Morgan fingerprint density at radius 3 is 2.55 bits per heavy atom. The van der Waals surface area contributed by atoms with Gasteiger partial charge in [0.25, 0.3) is 0 Å². The molecule has 0 bridgehead atoms. The summed E-state index contributed by atoms with van der Waals surface area (Å²) in [6.45, 7) is 4.89. The van der Waals surface area contributed by atoms with E-state index in [9.17, 15) is 18.0 Å². The average molecular weight is 424 g/mol. The first-order valence-corrected chi connectivity index (χ1v) is 10.1. The van der Waals surface area contributed by atoms with Gasteiger partial charge in [-0.2, -0.15) is 13.2 Å². The van der Waals surface area contributed by atoms with E-state index in [1.165, 1.54) is 28.8 Å². The normalized spacial score (nSPS) is 13.1. The van der Waals surface area contributed by atoms with Gasteiger partial charge in [-0.3, -0.25) is 4.79 Å². The molecule has 0 fully saturated rings. The number of carbonyl (C=O) groups excluding carboxylic acids is 1. The molecule has 2 aromatic carbocycles. The Balaban J connectivity index is 1.98. The molecule has 0 N–H and O–H groups in total. The molecule has 156 valence electrons. The van der Waals surface area contributed by atoms with Crippen LogP contribution >= 0.6 is 11.8 Å². The van der Waals surface area contributed by atoms with E-state index in [2.05, 4.69) is 0 Å². The molecule has 8 heteroatoms. The van der Waals surface area contributed by atoms with E-state index < -0.39 is 11.7 Å². The van der Waals surface area contributed by atoms with Gasteiger partial charge in [0.05, 0.1) is 23.0 Å². The van der Waals surface area contributed by atoms with Crippen LogP contribution in [0.4, 0.5) is 24.5 Å². The van der Waals surface area contributed by atoms with Crippen LogP contribution in [-0.4, -0.2) is 37.6 Å². The molecule has 0 spiro atoms. The molecule has 4 nitrogen and oxygen atoms in total. The highest BCUT2D eigenvalue weighted by atomic mass is 32.2. The zero-order valence-electron chi connectivity index (χ0n) is 16.5. The summed E-state index contributed by atoms with van der Waals surface area (Å²) in [5, 5.41) is 0. The smallest absolute Gasteiger partial charge is 0.416 e. The molecule has 2 aromatic rings. The minimum Gasteiger partial charge on any atom is -0.491 e. The second kappa shape index (κ2) is 8.57. The highest BCUT2D eigenvalue weighted by molar-refractivity contribution is 7.99. The lowest BCUT2D eigenvalue weighted by Gasteiger charge is -2.34. The first-order chi connectivity index (χ1) is 13.7. The van der Waals surface area contributed by atoms with Crippen molar-refractivity contribution in [3.05, 3.63) is 42.0 Å². The quantitative estimate of drug-likeness (QED) is 0.544. The summed E-state index contributed by atoms with van der Waals surface area (Å²) in [4.78, 5) is 15.9. The fraction of sp³-hybridized carbons (Fsp3) is 0.381. The summed E-state index contributed by atoms with van der Waals surface area (Å²) in [6.07, 6.45) is -3.01.